The molecule has 1 atom stereocenters. The van der Waals surface area contributed by atoms with Crippen molar-refractivity contribution in [2.45, 2.75) is 31.8 Å². The Morgan fingerprint density at radius 2 is 2.11 bits per heavy atom. The molecule has 2 fully saturated rings. The van der Waals surface area contributed by atoms with E-state index >= 15 is 0 Å². The summed E-state index contributed by atoms with van der Waals surface area (Å²) in [7, 11) is 0. The van der Waals surface area contributed by atoms with E-state index in [2.05, 4.69) is 29.6 Å². The van der Waals surface area contributed by atoms with Crippen molar-refractivity contribution in [2.24, 2.45) is 5.92 Å². The maximum Gasteiger partial charge on any atom is 0.120 e. The van der Waals surface area contributed by atoms with Gasteiger partial charge in [-0.3, -0.25) is 0 Å². The molecular weight excluding hydrogens is 254 g/mol. The van der Waals surface area contributed by atoms with E-state index in [1.165, 1.54) is 50.1 Å². The second-order valence-electron chi connectivity index (χ2n) is 5.65. The van der Waals surface area contributed by atoms with Crippen LogP contribution in [0.2, 0.25) is 0 Å². The van der Waals surface area contributed by atoms with Crippen LogP contribution in [0.15, 0.2) is 24.3 Å². The smallest absolute Gasteiger partial charge is 0.120 e. The molecule has 3 heteroatoms. The summed E-state index contributed by atoms with van der Waals surface area (Å²) in [6.45, 7) is 2.36. The molecule has 2 aliphatic rings. The number of hydrogen-bond donors (Lipinski definition) is 1. The van der Waals surface area contributed by atoms with Gasteiger partial charge in [0, 0.05) is 5.75 Å². The maximum atomic E-state index is 6.07. The van der Waals surface area contributed by atoms with Crippen molar-refractivity contribution in [1.29, 1.82) is 0 Å². The predicted octanol–water partition coefficient (Wildman–Crippen LogP) is 3.11. The van der Waals surface area contributed by atoms with Crippen LogP contribution >= 0.6 is 11.8 Å². The molecule has 0 bridgehead atoms. The van der Waals surface area contributed by atoms with Crippen molar-refractivity contribution < 1.29 is 4.74 Å². The Kier molecular flexibility index (Phi) is 4.67. The van der Waals surface area contributed by atoms with Crippen LogP contribution in [-0.2, 0) is 6.42 Å². The highest BCUT2D eigenvalue weighted by atomic mass is 32.2. The SMILES string of the molecule is c1cc(CC2CCNCC2)cc(OC2CCSC2)c1. The Hall–Kier alpha value is -0.670. The van der Waals surface area contributed by atoms with Crippen molar-refractivity contribution in [1.82, 2.24) is 5.32 Å². The van der Waals surface area contributed by atoms with Gasteiger partial charge in [0.15, 0.2) is 0 Å². The fourth-order valence-corrected chi connectivity index (χ4v) is 4.06. The molecule has 1 aromatic rings. The molecule has 1 aromatic carbocycles. The zero-order valence-corrected chi connectivity index (χ0v) is 12.3. The van der Waals surface area contributed by atoms with Gasteiger partial charge in [-0.15, -0.1) is 0 Å². The number of piperidine rings is 1. The second kappa shape index (κ2) is 6.67. The Morgan fingerprint density at radius 1 is 1.21 bits per heavy atom. The van der Waals surface area contributed by atoms with Crippen molar-refractivity contribution >= 4 is 11.8 Å². The minimum atomic E-state index is 0.430. The number of thioether (sulfide) groups is 1. The quantitative estimate of drug-likeness (QED) is 0.913. The lowest BCUT2D eigenvalue weighted by molar-refractivity contribution is 0.229. The van der Waals surface area contributed by atoms with Crippen LogP contribution in [-0.4, -0.2) is 30.7 Å². The van der Waals surface area contributed by atoms with Gasteiger partial charge in [-0.05, 0) is 68.1 Å². The molecule has 2 aliphatic heterocycles. The number of benzene rings is 1. The monoisotopic (exact) mass is 277 g/mol. The van der Waals surface area contributed by atoms with Gasteiger partial charge in [0.25, 0.3) is 0 Å². The molecule has 0 aliphatic carbocycles. The first-order valence-corrected chi connectivity index (χ1v) is 8.60. The minimum absolute atomic E-state index is 0.430. The molecule has 2 nitrogen and oxygen atoms in total. The standard InChI is InChI=1S/C16H23NOS/c1-2-14(10-13-4-7-17-8-5-13)11-15(3-1)18-16-6-9-19-12-16/h1-3,11,13,16-17H,4-10,12H2. The average molecular weight is 277 g/mol. The van der Waals surface area contributed by atoms with Gasteiger partial charge in [0.2, 0.25) is 0 Å². The summed E-state index contributed by atoms with van der Waals surface area (Å²) >= 11 is 2.00. The predicted molar refractivity (Wildman–Crippen MR) is 82.1 cm³/mol. The number of ether oxygens (including phenoxy) is 1. The third kappa shape index (κ3) is 3.90. The van der Waals surface area contributed by atoms with Gasteiger partial charge >= 0.3 is 0 Å². The van der Waals surface area contributed by atoms with Gasteiger partial charge in [0.05, 0.1) is 0 Å². The molecule has 2 heterocycles. The highest BCUT2D eigenvalue weighted by molar-refractivity contribution is 7.99. The van der Waals surface area contributed by atoms with Crippen LogP contribution in [0.1, 0.15) is 24.8 Å². The van der Waals surface area contributed by atoms with Gasteiger partial charge in [-0.2, -0.15) is 11.8 Å². The van der Waals surface area contributed by atoms with Crippen LogP contribution in [0.4, 0.5) is 0 Å². The Bertz CT molecular complexity index is 397. The van der Waals surface area contributed by atoms with Gasteiger partial charge in [-0.25, -0.2) is 0 Å². The minimum Gasteiger partial charge on any atom is -0.490 e. The third-order valence-electron chi connectivity index (χ3n) is 4.07. The fourth-order valence-electron chi connectivity index (χ4n) is 2.96. The van der Waals surface area contributed by atoms with Crippen LogP contribution in [0.3, 0.4) is 0 Å². The zero-order valence-electron chi connectivity index (χ0n) is 11.4. The summed E-state index contributed by atoms with van der Waals surface area (Å²) in [4.78, 5) is 0. The van der Waals surface area contributed by atoms with E-state index in [9.17, 15) is 0 Å². The van der Waals surface area contributed by atoms with Crippen molar-refractivity contribution in [2.75, 3.05) is 24.6 Å². The topological polar surface area (TPSA) is 21.3 Å². The van der Waals surface area contributed by atoms with E-state index in [0.717, 1.165) is 17.4 Å². The van der Waals surface area contributed by atoms with Crippen LogP contribution in [0, 0.1) is 5.92 Å². The van der Waals surface area contributed by atoms with Crippen molar-refractivity contribution in [3.8, 4) is 5.75 Å². The Labute approximate surface area is 120 Å². The fraction of sp³-hybridized carbons (Fsp3) is 0.625. The summed E-state index contributed by atoms with van der Waals surface area (Å²) in [5.74, 6) is 4.32. The average Bonchev–Trinajstić information content (AvgIpc) is 2.93. The van der Waals surface area contributed by atoms with Crippen LogP contribution < -0.4 is 10.1 Å². The molecular formula is C16H23NOS. The van der Waals surface area contributed by atoms with Crippen LogP contribution in [0.25, 0.3) is 0 Å². The highest BCUT2D eigenvalue weighted by Crippen LogP contribution is 2.25. The third-order valence-corrected chi connectivity index (χ3v) is 5.20. The van der Waals surface area contributed by atoms with Crippen molar-refractivity contribution in [3.05, 3.63) is 29.8 Å². The van der Waals surface area contributed by atoms with Gasteiger partial charge in [-0.1, -0.05) is 12.1 Å². The van der Waals surface area contributed by atoms with E-state index in [1.54, 1.807) is 0 Å². The van der Waals surface area contributed by atoms with Crippen LogP contribution in [0.5, 0.6) is 5.75 Å². The lowest BCUT2D eigenvalue weighted by Crippen LogP contribution is -2.28. The first kappa shape index (κ1) is 13.3. The number of rotatable bonds is 4. The van der Waals surface area contributed by atoms with E-state index in [0.29, 0.717) is 6.10 Å². The normalized spacial score (nSPS) is 24.5. The lowest BCUT2D eigenvalue weighted by Gasteiger charge is -2.22. The Balaban J connectivity index is 1.58. The second-order valence-corrected chi connectivity index (χ2v) is 6.80. The molecule has 19 heavy (non-hydrogen) atoms. The molecule has 2 saturated heterocycles. The van der Waals surface area contributed by atoms with Crippen molar-refractivity contribution in [3.63, 3.8) is 0 Å². The van der Waals surface area contributed by atoms with E-state index < -0.39 is 0 Å². The Morgan fingerprint density at radius 3 is 2.89 bits per heavy atom. The summed E-state index contributed by atoms with van der Waals surface area (Å²) in [6.07, 6.45) is 5.45. The molecule has 0 spiro atoms. The molecule has 0 aromatic heterocycles. The van der Waals surface area contributed by atoms with Gasteiger partial charge < -0.3 is 10.1 Å². The maximum absolute atomic E-state index is 6.07. The van der Waals surface area contributed by atoms with E-state index in [1.807, 2.05) is 11.8 Å². The van der Waals surface area contributed by atoms with Gasteiger partial charge in [0.1, 0.15) is 11.9 Å². The molecule has 0 amide bonds. The first-order valence-electron chi connectivity index (χ1n) is 7.44. The number of hydrogen-bond acceptors (Lipinski definition) is 3. The molecule has 1 unspecified atom stereocenters. The van der Waals surface area contributed by atoms with E-state index in [4.69, 9.17) is 4.74 Å². The number of nitrogens with one attached hydrogen (secondary N) is 1. The summed E-state index contributed by atoms with van der Waals surface area (Å²) < 4.78 is 6.07. The molecule has 0 radical (unpaired) electrons. The molecule has 0 saturated carbocycles. The van der Waals surface area contributed by atoms with E-state index in [-0.39, 0.29) is 0 Å². The lowest BCUT2D eigenvalue weighted by atomic mass is 9.91. The summed E-state index contributed by atoms with van der Waals surface area (Å²) in [5, 5.41) is 3.43. The zero-order chi connectivity index (χ0) is 12.9. The first-order chi connectivity index (χ1) is 9.40. The highest BCUT2D eigenvalue weighted by Gasteiger charge is 2.17. The largest absolute Gasteiger partial charge is 0.490 e. The molecule has 1 N–H and O–H groups in total. The summed E-state index contributed by atoms with van der Waals surface area (Å²) in [5.41, 5.74) is 1.44. The molecule has 3 rings (SSSR count). The summed E-state index contributed by atoms with van der Waals surface area (Å²) in [6, 6.07) is 8.76. The molecule has 104 valence electrons.